The highest BCUT2D eigenvalue weighted by atomic mass is 16.2. The van der Waals surface area contributed by atoms with Crippen LogP contribution in [0.3, 0.4) is 0 Å². The van der Waals surface area contributed by atoms with Gasteiger partial charge in [0.15, 0.2) is 5.69 Å². The van der Waals surface area contributed by atoms with Crippen LogP contribution >= 0.6 is 0 Å². The largest absolute Gasteiger partial charge is 0.319 e. The summed E-state index contributed by atoms with van der Waals surface area (Å²) in [6.07, 6.45) is 3.30. The molecular weight excluding hydrogens is 292 g/mol. The van der Waals surface area contributed by atoms with Gasteiger partial charge in [-0.25, -0.2) is 4.68 Å². The quantitative estimate of drug-likeness (QED) is 0.608. The topological polar surface area (TPSA) is 88.5 Å². The summed E-state index contributed by atoms with van der Waals surface area (Å²) in [7, 11) is 0. The molecule has 7 nitrogen and oxygen atoms in total. The van der Waals surface area contributed by atoms with Gasteiger partial charge in [0.05, 0.1) is 29.3 Å². The first kappa shape index (κ1) is 13.2. The Labute approximate surface area is 130 Å². The zero-order chi connectivity index (χ0) is 15.6. The van der Waals surface area contributed by atoms with E-state index in [1.807, 2.05) is 42.5 Å². The summed E-state index contributed by atoms with van der Waals surface area (Å²) in [5.74, 6) is -0.325. The highest BCUT2D eigenvalue weighted by Gasteiger charge is 2.13. The smallest absolute Gasteiger partial charge is 0.277 e. The van der Waals surface area contributed by atoms with Crippen LogP contribution in [-0.2, 0) is 0 Å². The number of carbonyl (C=O) groups is 1. The fraction of sp³-hybridized carbons (Fsp3) is 0. The van der Waals surface area contributed by atoms with Crippen LogP contribution in [0.4, 0.5) is 5.69 Å². The number of carbonyl (C=O) groups excluding carboxylic acids is 1. The van der Waals surface area contributed by atoms with E-state index in [0.29, 0.717) is 5.69 Å². The van der Waals surface area contributed by atoms with Gasteiger partial charge in [0.1, 0.15) is 0 Å². The van der Waals surface area contributed by atoms with Crippen LogP contribution in [0.1, 0.15) is 10.5 Å². The maximum Gasteiger partial charge on any atom is 0.277 e. The summed E-state index contributed by atoms with van der Waals surface area (Å²) < 4.78 is 1.56. The lowest BCUT2D eigenvalue weighted by Gasteiger charge is -2.03. The Kier molecular flexibility index (Phi) is 3.09. The molecule has 2 heterocycles. The molecular formula is C16H12N6O. The van der Waals surface area contributed by atoms with Crippen LogP contribution < -0.4 is 5.32 Å². The fourth-order valence-electron chi connectivity index (χ4n) is 2.33. The third kappa shape index (κ3) is 2.44. The summed E-state index contributed by atoms with van der Waals surface area (Å²) in [5.41, 5.74) is 2.51. The fourth-order valence-corrected chi connectivity index (χ4v) is 2.33. The molecule has 1 amide bonds. The van der Waals surface area contributed by atoms with Crippen molar-refractivity contribution >= 4 is 22.5 Å². The maximum atomic E-state index is 12.4. The van der Waals surface area contributed by atoms with Crippen LogP contribution in [0.2, 0.25) is 0 Å². The first-order chi connectivity index (χ1) is 11.3. The van der Waals surface area contributed by atoms with Crippen molar-refractivity contribution in [3.05, 3.63) is 66.6 Å². The number of aromatic nitrogens is 5. The molecule has 0 aliphatic rings. The van der Waals surface area contributed by atoms with Crippen molar-refractivity contribution in [1.82, 2.24) is 25.2 Å². The predicted molar refractivity (Wildman–Crippen MR) is 85.4 cm³/mol. The SMILES string of the molecule is O=C(Nc1cccc2cn[nH]c12)c1cn(-c2ccccc2)nn1. The molecule has 4 aromatic rings. The first-order valence-electron chi connectivity index (χ1n) is 7.02. The second-order valence-corrected chi connectivity index (χ2v) is 4.98. The van der Waals surface area contributed by atoms with Gasteiger partial charge in [-0.2, -0.15) is 5.10 Å². The summed E-state index contributed by atoms with van der Waals surface area (Å²) in [6.45, 7) is 0. The van der Waals surface area contributed by atoms with E-state index < -0.39 is 0 Å². The molecule has 7 heteroatoms. The molecule has 2 aromatic carbocycles. The number of nitrogens with zero attached hydrogens (tertiary/aromatic N) is 4. The van der Waals surface area contributed by atoms with E-state index in [2.05, 4.69) is 25.8 Å². The minimum absolute atomic E-state index is 0.241. The molecule has 0 spiro atoms. The molecule has 0 fully saturated rings. The number of nitrogens with one attached hydrogen (secondary N) is 2. The second-order valence-electron chi connectivity index (χ2n) is 4.98. The van der Waals surface area contributed by atoms with Gasteiger partial charge in [0.25, 0.3) is 5.91 Å². The Balaban J connectivity index is 1.60. The summed E-state index contributed by atoms with van der Waals surface area (Å²) >= 11 is 0. The van der Waals surface area contributed by atoms with Gasteiger partial charge >= 0.3 is 0 Å². The Bertz CT molecular complexity index is 972. The molecule has 112 valence electrons. The molecule has 0 unspecified atom stereocenters. The van der Waals surface area contributed by atoms with E-state index in [-0.39, 0.29) is 11.6 Å². The minimum Gasteiger partial charge on any atom is -0.319 e. The highest BCUT2D eigenvalue weighted by Crippen LogP contribution is 2.20. The van der Waals surface area contributed by atoms with E-state index in [1.165, 1.54) is 0 Å². The maximum absolute atomic E-state index is 12.4. The first-order valence-corrected chi connectivity index (χ1v) is 7.02. The van der Waals surface area contributed by atoms with E-state index in [4.69, 9.17) is 0 Å². The standard InChI is InChI=1S/C16H12N6O/c23-16(18-13-8-4-5-11-9-17-20-15(11)13)14-10-22(21-19-14)12-6-2-1-3-7-12/h1-10H,(H,17,20)(H,18,23). The summed E-state index contributed by atoms with van der Waals surface area (Å²) in [4.78, 5) is 12.4. The number of fused-ring (bicyclic) bond motifs is 1. The Morgan fingerprint density at radius 1 is 1.09 bits per heavy atom. The van der Waals surface area contributed by atoms with E-state index in [1.54, 1.807) is 23.1 Å². The third-order valence-corrected chi connectivity index (χ3v) is 3.47. The van der Waals surface area contributed by atoms with Crippen molar-refractivity contribution in [3.63, 3.8) is 0 Å². The predicted octanol–water partition coefficient (Wildman–Crippen LogP) is 2.40. The normalized spacial score (nSPS) is 10.8. The average molecular weight is 304 g/mol. The van der Waals surface area contributed by atoms with Gasteiger partial charge < -0.3 is 5.32 Å². The molecule has 0 saturated heterocycles. The Hall–Kier alpha value is -3.48. The number of benzene rings is 2. The highest BCUT2D eigenvalue weighted by molar-refractivity contribution is 6.07. The van der Waals surface area contributed by atoms with Crippen molar-refractivity contribution in [2.75, 3.05) is 5.32 Å². The summed E-state index contributed by atoms with van der Waals surface area (Å²) in [6, 6.07) is 15.1. The number of amides is 1. The number of hydrogen-bond donors (Lipinski definition) is 2. The Morgan fingerprint density at radius 2 is 1.96 bits per heavy atom. The molecule has 0 saturated carbocycles. The van der Waals surface area contributed by atoms with Crippen molar-refractivity contribution in [1.29, 1.82) is 0 Å². The molecule has 0 bridgehead atoms. The van der Waals surface area contributed by atoms with E-state index in [9.17, 15) is 4.79 Å². The molecule has 0 radical (unpaired) electrons. The third-order valence-electron chi connectivity index (χ3n) is 3.47. The van der Waals surface area contributed by atoms with Gasteiger partial charge in [-0.1, -0.05) is 35.5 Å². The molecule has 0 aliphatic carbocycles. The number of aromatic amines is 1. The molecule has 4 rings (SSSR count). The number of anilines is 1. The Morgan fingerprint density at radius 3 is 2.83 bits per heavy atom. The van der Waals surface area contributed by atoms with Gasteiger partial charge in [-0.3, -0.25) is 9.89 Å². The monoisotopic (exact) mass is 304 g/mol. The van der Waals surface area contributed by atoms with Gasteiger partial charge in [-0.15, -0.1) is 5.10 Å². The molecule has 0 aliphatic heterocycles. The van der Waals surface area contributed by atoms with Crippen molar-refractivity contribution in [2.24, 2.45) is 0 Å². The van der Waals surface area contributed by atoms with E-state index >= 15 is 0 Å². The van der Waals surface area contributed by atoms with Gasteiger partial charge in [0, 0.05) is 5.39 Å². The average Bonchev–Trinajstić information content (AvgIpc) is 3.25. The number of para-hydroxylation sites is 2. The lowest BCUT2D eigenvalue weighted by atomic mass is 10.2. The van der Waals surface area contributed by atoms with Crippen LogP contribution in [0, 0.1) is 0 Å². The summed E-state index contributed by atoms with van der Waals surface area (Å²) in [5, 5.41) is 18.5. The van der Waals surface area contributed by atoms with Crippen LogP contribution in [-0.4, -0.2) is 31.1 Å². The van der Waals surface area contributed by atoms with Gasteiger partial charge in [0.2, 0.25) is 0 Å². The molecule has 2 aromatic heterocycles. The molecule has 0 atom stereocenters. The lowest BCUT2D eigenvalue weighted by Crippen LogP contribution is -2.12. The van der Waals surface area contributed by atoms with Crippen molar-refractivity contribution in [3.8, 4) is 5.69 Å². The number of hydrogen-bond acceptors (Lipinski definition) is 4. The van der Waals surface area contributed by atoms with Crippen molar-refractivity contribution in [2.45, 2.75) is 0 Å². The van der Waals surface area contributed by atoms with Crippen LogP contribution in [0.25, 0.3) is 16.6 Å². The molecule has 23 heavy (non-hydrogen) atoms. The number of rotatable bonds is 3. The van der Waals surface area contributed by atoms with Crippen LogP contribution in [0.15, 0.2) is 60.9 Å². The van der Waals surface area contributed by atoms with Gasteiger partial charge in [-0.05, 0) is 18.2 Å². The van der Waals surface area contributed by atoms with Crippen molar-refractivity contribution < 1.29 is 4.79 Å². The molecule has 2 N–H and O–H groups in total. The lowest BCUT2D eigenvalue weighted by molar-refractivity contribution is 0.102. The minimum atomic E-state index is -0.325. The van der Waals surface area contributed by atoms with Crippen LogP contribution in [0.5, 0.6) is 0 Å². The zero-order valence-corrected chi connectivity index (χ0v) is 12.0. The number of H-pyrrole nitrogens is 1. The zero-order valence-electron chi connectivity index (χ0n) is 12.0. The van der Waals surface area contributed by atoms with E-state index in [0.717, 1.165) is 16.6 Å². The second kappa shape index (κ2) is 5.38.